The molecule has 2 aliphatic rings. The number of aryl methyl sites for hydroxylation is 1. The topological polar surface area (TPSA) is 47.3 Å². The van der Waals surface area contributed by atoms with E-state index in [0.717, 1.165) is 43.8 Å². The second-order valence-corrected chi connectivity index (χ2v) is 4.83. The van der Waals surface area contributed by atoms with Gasteiger partial charge in [0.2, 0.25) is 0 Å². The third kappa shape index (κ3) is 1.99. The lowest BCUT2D eigenvalue weighted by Gasteiger charge is -2.18. The Balaban J connectivity index is 1.71. The van der Waals surface area contributed by atoms with Gasteiger partial charge in [0.05, 0.1) is 17.9 Å². The van der Waals surface area contributed by atoms with E-state index in [1.54, 1.807) is 0 Å². The average molecular weight is 222 g/mol. The van der Waals surface area contributed by atoms with Crippen LogP contribution < -0.4 is 0 Å². The summed E-state index contributed by atoms with van der Waals surface area (Å²) in [6.45, 7) is 1.60. The Kier molecular flexibility index (Phi) is 2.69. The number of ether oxygens (including phenoxy) is 1. The first-order chi connectivity index (χ1) is 7.81. The molecule has 0 bridgehead atoms. The summed E-state index contributed by atoms with van der Waals surface area (Å²) >= 11 is 0. The Morgan fingerprint density at radius 1 is 1.50 bits per heavy atom. The lowest BCUT2D eigenvalue weighted by atomic mass is 10.1. The van der Waals surface area contributed by atoms with Gasteiger partial charge < -0.3 is 14.4 Å². The van der Waals surface area contributed by atoms with Crippen LogP contribution in [0, 0.1) is 0 Å². The predicted molar refractivity (Wildman–Crippen MR) is 59.2 cm³/mol. The lowest BCUT2D eigenvalue weighted by molar-refractivity contribution is 0.110. The summed E-state index contributed by atoms with van der Waals surface area (Å²) in [6.07, 6.45) is 7.25. The van der Waals surface area contributed by atoms with E-state index in [0.29, 0.717) is 12.6 Å². The van der Waals surface area contributed by atoms with Crippen molar-refractivity contribution in [1.82, 2.24) is 9.55 Å². The number of aliphatic hydroxyl groups is 1. The van der Waals surface area contributed by atoms with Gasteiger partial charge in [-0.3, -0.25) is 0 Å². The summed E-state index contributed by atoms with van der Waals surface area (Å²) in [4.78, 5) is 4.62. The van der Waals surface area contributed by atoms with Gasteiger partial charge in [-0.05, 0) is 19.3 Å². The molecule has 4 heteroatoms. The van der Waals surface area contributed by atoms with Crippen LogP contribution in [0.1, 0.15) is 30.8 Å². The molecule has 0 amide bonds. The maximum atomic E-state index is 9.58. The molecule has 2 atom stereocenters. The van der Waals surface area contributed by atoms with E-state index >= 15 is 0 Å². The van der Waals surface area contributed by atoms with E-state index in [-0.39, 0.29) is 6.10 Å². The molecular weight excluding hydrogens is 204 g/mol. The van der Waals surface area contributed by atoms with Crippen molar-refractivity contribution < 1.29 is 9.84 Å². The number of aromatic nitrogens is 2. The molecular formula is C12H18N2O2. The SMILES string of the molecule is OC1CCc2nc(CC3CCCO3)cn2C1. The molecule has 1 N–H and O–H groups in total. The van der Waals surface area contributed by atoms with E-state index in [9.17, 15) is 5.11 Å². The minimum Gasteiger partial charge on any atom is -0.391 e. The first-order valence-electron chi connectivity index (χ1n) is 6.16. The molecule has 3 heterocycles. The Morgan fingerprint density at radius 3 is 3.25 bits per heavy atom. The highest BCUT2D eigenvalue weighted by Gasteiger charge is 2.21. The molecule has 0 aliphatic carbocycles. The summed E-state index contributed by atoms with van der Waals surface area (Å²) in [5.74, 6) is 1.12. The van der Waals surface area contributed by atoms with Crippen LogP contribution in [0.25, 0.3) is 0 Å². The van der Waals surface area contributed by atoms with Crippen LogP contribution in [0.5, 0.6) is 0 Å². The Hall–Kier alpha value is -0.870. The van der Waals surface area contributed by atoms with Crippen molar-refractivity contribution in [2.24, 2.45) is 0 Å². The molecule has 0 saturated carbocycles. The lowest BCUT2D eigenvalue weighted by Crippen LogP contribution is -2.23. The summed E-state index contributed by atoms with van der Waals surface area (Å²) in [5.41, 5.74) is 1.12. The molecule has 0 spiro atoms. The van der Waals surface area contributed by atoms with Gasteiger partial charge in [-0.1, -0.05) is 0 Å². The van der Waals surface area contributed by atoms with Crippen molar-refractivity contribution in [3.05, 3.63) is 17.7 Å². The van der Waals surface area contributed by atoms with Gasteiger partial charge in [0.25, 0.3) is 0 Å². The highest BCUT2D eigenvalue weighted by atomic mass is 16.5. The smallest absolute Gasteiger partial charge is 0.109 e. The number of nitrogens with zero attached hydrogens (tertiary/aromatic N) is 2. The van der Waals surface area contributed by atoms with Crippen LogP contribution in [-0.2, 0) is 24.1 Å². The average Bonchev–Trinajstić information content (AvgIpc) is 2.86. The second kappa shape index (κ2) is 4.18. The van der Waals surface area contributed by atoms with Crippen LogP contribution >= 0.6 is 0 Å². The molecule has 3 rings (SSSR count). The van der Waals surface area contributed by atoms with Crippen molar-refractivity contribution in [1.29, 1.82) is 0 Å². The van der Waals surface area contributed by atoms with Gasteiger partial charge in [0.1, 0.15) is 5.82 Å². The van der Waals surface area contributed by atoms with Crippen molar-refractivity contribution in [3.8, 4) is 0 Å². The van der Waals surface area contributed by atoms with Gasteiger partial charge >= 0.3 is 0 Å². The van der Waals surface area contributed by atoms with Crippen molar-refractivity contribution in [3.63, 3.8) is 0 Å². The van der Waals surface area contributed by atoms with Gasteiger partial charge in [-0.2, -0.15) is 0 Å². The first kappa shape index (κ1) is 10.3. The monoisotopic (exact) mass is 222 g/mol. The molecule has 16 heavy (non-hydrogen) atoms. The summed E-state index contributed by atoms with van der Waals surface area (Å²) < 4.78 is 7.71. The number of rotatable bonds is 2. The minimum absolute atomic E-state index is 0.197. The number of hydrogen-bond acceptors (Lipinski definition) is 3. The number of aliphatic hydroxyl groups excluding tert-OH is 1. The second-order valence-electron chi connectivity index (χ2n) is 4.83. The highest BCUT2D eigenvalue weighted by Crippen LogP contribution is 2.19. The van der Waals surface area contributed by atoms with Gasteiger partial charge in [-0.25, -0.2) is 4.98 Å². The molecule has 2 unspecified atom stereocenters. The fourth-order valence-electron chi connectivity index (χ4n) is 2.62. The molecule has 1 saturated heterocycles. The van der Waals surface area contributed by atoms with Gasteiger partial charge in [0, 0.05) is 32.2 Å². The Morgan fingerprint density at radius 2 is 2.44 bits per heavy atom. The first-order valence-corrected chi connectivity index (χ1v) is 6.16. The quantitative estimate of drug-likeness (QED) is 0.809. The summed E-state index contributed by atoms with van der Waals surface area (Å²) in [7, 11) is 0. The standard InChI is InChI=1S/C12H18N2O2/c15-10-3-4-12-13-9(7-14(12)8-10)6-11-2-1-5-16-11/h7,10-11,15H,1-6,8H2. The van der Waals surface area contributed by atoms with E-state index in [1.165, 1.54) is 6.42 Å². The molecule has 0 radical (unpaired) electrons. The van der Waals surface area contributed by atoms with Crippen LogP contribution in [-0.4, -0.2) is 33.5 Å². The Labute approximate surface area is 95.3 Å². The van der Waals surface area contributed by atoms with Gasteiger partial charge in [0.15, 0.2) is 0 Å². The Bertz CT molecular complexity index is 369. The number of fused-ring (bicyclic) bond motifs is 1. The largest absolute Gasteiger partial charge is 0.391 e. The maximum Gasteiger partial charge on any atom is 0.109 e. The number of imidazole rings is 1. The predicted octanol–water partition coefficient (Wildman–Crippen LogP) is 0.912. The zero-order valence-corrected chi connectivity index (χ0v) is 9.43. The molecule has 1 aromatic heterocycles. The third-order valence-electron chi connectivity index (χ3n) is 3.48. The molecule has 1 fully saturated rings. The zero-order valence-electron chi connectivity index (χ0n) is 9.43. The van der Waals surface area contributed by atoms with Crippen LogP contribution in [0.2, 0.25) is 0 Å². The van der Waals surface area contributed by atoms with E-state index in [2.05, 4.69) is 15.7 Å². The summed E-state index contributed by atoms with van der Waals surface area (Å²) in [6, 6.07) is 0. The molecule has 88 valence electrons. The van der Waals surface area contributed by atoms with E-state index in [1.807, 2.05) is 0 Å². The van der Waals surface area contributed by atoms with Crippen LogP contribution in [0.3, 0.4) is 0 Å². The molecule has 4 nitrogen and oxygen atoms in total. The zero-order chi connectivity index (χ0) is 11.0. The molecule has 0 aromatic carbocycles. The van der Waals surface area contributed by atoms with Crippen LogP contribution in [0.4, 0.5) is 0 Å². The van der Waals surface area contributed by atoms with E-state index < -0.39 is 0 Å². The van der Waals surface area contributed by atoms with Crippen molar-refractivity contribution in [2.45, 2.75) is 50.9 Å². The normalized spacial score (nSPS) is 29.3. The summed E-state index contributed by atoms with van der Waals surface area (Å²) in [5, 5.41) is 9.58. The fourth-order valence-corrected chi connectivity index (χ4v) is 2.62. The van der Waals surface area contributed by atoms with Crippen LogP contribution in [0.15, 0.2) is 6.20 Å². The molecule has 2 aliphatic heterocycles. The van der Waals surface area contributed by atoms with Crippen molar-refractivity contribution in [2.75, 3.05) is 6.61 Å². The fraction of sp³-hybridized carbons (Fsp3) is 0.750. The maximum absolute atomic E-state index is 9.58. The molecule has 1 aromatic rings. The van der Waals surface area contributed by atoms with Crippen molar-refractivity contribution >= 4 is 0 Å². The van der Waals surface area contributed by atoms with E-state index in [4.69, 9.17) is 4.74 Å². The highest BCUT2D eigenvalue weighted by molar-refractivity contribution is 5.08. The number of hydrogen-bond donors (Lipinski definition) is 1. The van der Waals surface area contributed by atoms with Gasteiger partial charge in [-0.15, -0.1) is 0 Å². The minimum atomic E-state index is -0.197. The third-order valence-corrected chi connectivity index (χ3v) is 3.48.